The fraction of sp³-hybridized carbons (Fsp3) is 0. The quantitative estimate of drug-likeness (QED) is 0.150. The summed E-state index contributed by atoms with van der Waals surface area (Å²) in [6.07, 6.45) is 3.33. The zero-order valence-corrected chi connectivity index (χ0v) is 29.3. The van der Waals surface area contributed by atoms with Gasteiger partial charge in [-0.3, -0.25) is 0 Å². The van der Waals surface area contributed by atoms with Gasteiger partial charge in [-0.15, -0.1) is 0 Å². The first-order chi connectivity index (χ1) is 26.6. The molecule has 0 bridgehead atoms. The van der Waals surface area contributed by atoms with Crippen LogP contribution in [-0.4, -0.2) is 24.9 Å². The van der Waals surface area contributed by atoms with Crippen LogP contribution in [0.3, 0.4) is 0 Å². The second kappa shape index (κ2) is 14.9. The van der Waals surface area contributed by atoms with Gasteiger partial charge >= 0.3 is 0 Å². The van der Waals surface area contributed by atoms with E-state index in [1.807, 2.05) is 78.9 Å². The predicted molar refractivity (Wildman–Crippen MR) is 218 cm³/mol. The van der Waals surface area contributed by atoms with E-state index in [1.165, 1.54) is 0 Å². The molecule has 0 radical (unpaired) electrons. The van der Waals surface area contributed by atoms with Gasteiger partial charge in [0.1, 0.15) is 0 Å². The maximum Gasteiger partial charge on any atom is 0.164 e. The van der Waals surface area contributed by atoms with Crippen LogP contribution in [0.5, 0.6) is 0 Å². The van der Waals surface area contributed by atoms with E-state index in [2.05, 4.69) is 92.0 Å². The van der Waals surface area contributed by atoms with Crippen LogP contribution in [-0.2, 0) is 0 Å². The van der Waals surface area contributed by atoms with Crippen LogP contribution in [0.15, 0.2) is 171 Å². The Morgan fingerprint density at radius 1 is 0.370 bits per heavy atom. The molecule has 0 aliphatic rings. The molecule has 0 aliphatic carbocycles. The first kappa shape index (κ1) is 33.5. The summed E-state index contributed by atoms with van der Waals surface area (Å²) in [4.78, 5) is 24.8. The second-order valence-corrected chi connectivity index (χ2v) is 12.6. The SMILES string of the molecule is C=Cc1nc(-c2ccc(-c3nc(-c4ccc(-c5ccccc5)cc4)nc(-c4ccc(-c5ccccc5)cc4)n3)cc2)c(-c2cccc(C#N)c2)nc1C=C. The van der Waals surface area contributed by atoms with Gasteiger partial charge in [-0.1, -0.05) is 159 Å². The number of hydrogen-bond acceptors (Lipinski definition) is 6. The molecule has 6 nitrogen and oxygen atoms in total. The molecule has 2 heterocycles. The molecule has 0 spiro atoms. The summed E-state index contributed by atoms with van der Waals surface area (Å²) in [5.41, 5.74) is 11.8. The topological polar surface area (TPSA) is 88.2 Å². The fourth-order valence-corrected chi connectivity index (χ4v) is 6.33. The summed E-state index contributed by atoms with van der Waals surface area (Å²) < 4.78 is 0. The van der Waals surface area contributed by atoms with Gasteiger partial charge in [-0.2, -0.15) is 5.26 Å². The molecule has 8 aromatic rings. The van der Waals surface area contributed by atoms with Crippen molar-refractivity contribution in [1.82, 2.24) is 24.9 Å². The van der Waals surface area contributed by atoms with Gasteiger partial charge in [0.2, 0.25) is 0 Å². The number of aromatic nitrogens is 5. The van der Waals surface area contributed by atoms with Gasteiger partial charge < -0.3 is 0 Å². The number of rotatable bonds is 9. The van der Waals surface area contributed by atoms with Gasteiger partial charge in [0.25, 0.3) is 0 Å². The average molecular weight is 693 g/mol. The molecule has 0 amide bonds. The standard InChI is InChI=1S/C48H32N6/c1-3-42-43(4-2)51-45(41-17-11-12-32(30-41)31-49)44(50-42)37-22-28-40(29-23-37)48-53-46(38-24-18-35(19-25-38)33-13-7-5-8-14-33)52-47(54-48)39-26-20-36(21-27-39)34-15-9-6-10-16-34/h3-30H,1-2H2. The zero-order chi connectivity index (χ0) is 36.9. The molecule has 0 unspecified atom stereocenters. The van der Waals surface area contributed by atoms with Crippen molar-refractivity contribution >= 4 is 12.2 Å². The predicted octanol–water partition coefficient (Wildman–Crippen LogP) is 11.5. The Hall–Kier alpha value is -7.62. The summed E-state index contributed by atoms with van der Waals surface area (Å²) >= 11 is 0. The minimum Gasteiger partial charge on any atom is -0.244 e. The van der Waals surface area contributed by atoms with E-state index >= 15 is 0 Å². The molecule has 0 saturated heterocycles. The molecule has 254 valence electrons. The van der Waals surface area contributed by atoms with Crippen LogP contribution in [0.1, 0.15) is 17.0 Å². The highest BCUT2D eigenvalue weighted by Crippen LogP contribution is 2.34. The van der Waals surface area contributed by atoms with Gasteiger partial charge in [-0.25, -0.2) is 24.9 Å². The van der Waals surface area contributed by atoms with Crippen molar-refractivity contribution in [3.63, 3.8) is 0 Å². The summed E-state index contributed by atoms with van der Waals surface area (Å²) in [6, 6.07) is 54.7. The Kier molecular flexibility index (Phi) is 9.27. The van der Waals surface area contributed by atoms with E-state index in [0.29, 0.717) is 45.8 Å². The molecule has 8 rings (SSSR count). The molecule has 0 atom stereocenters. The van der Waals surface area contributed by atoms with Crippen molar-refractivity contribution < 1.29 is 0 Å². The molecule has 0 fully saturated rings. The first-order valence-corrected chi connectivity index (χ1v) is 17.5. The molecule has 6 heteroatoms. The minimum atomic E-state index is 0.536. The summed E-state index contributed by atoms with van der Waals surface area (Å²) in [7, 11) is 0. The van der Waals surface area contributed by atoms with Crippen molar-refractivity contribution in [3.8, 4) is 85.0 Å². The van der Waals surface area contributed by atoms with Crippen LogP contribution >= 0.6 is 0 Å². The number of benzene rings is 6. The maximum absolute atomic E-state index is 9.59. The molecule has 0 saturated carbocycles. The molecule has 54 heavy (non-hydrogen) atoms. The summed E-state index contributed by atoms with van der Waals surface area (Å²) in [5.74, 6) is 1.70. The van der Waals surface area contributed by atoms with Gasteiger partial charge in [0, 0.05) is 27.8 Å². The number of nitriles is 1. The average Bonchev–Trinajstić information content (AvgIpc) is 3.26. The number of hydrogen-bond donors (Lipinski definition) is 0. The highest BCUT2D eigenvalue weighted by atomic mass is 15.0. The highest BCUT2D eigenvalue weighted by molar-refractivity contribution is 5.82. The summed E-state index contributed by atoms with van der Waals surface area (Å²) in [5, 5.41) is 9.59. The van der Waals surface area contributed by atoms with Crippen LogP contribution < -0.4 is 0 Å². The Bertz CT molecular complexity index is 2560. The van der Waals surface area contributed by atoms with Crippen molar-refractivity contribution in [2.45, 2.75) is 0 Å². The normalized spacial score (nSPS) is 10.7. The summed E-state index contributed by atoms with van der Waals surface area (Å²) in [6.45, 7) is 7.88. The largest absolute Gasteiger partial charge is 0.244 e. The molecule has 2 aromatic heterocycles. The van der Waals surface area contributed by atoms with Gasteiger partial charge in [0.15, 0.2) is 17.5 Å². The molecule has 0 N–H and O–H groups in total. The minimum absolute atomic E-state index is 0.536. The van der Waals surface area contributed by atoms with E-state index < -0.39 is 0 Å². The highest BCUT2D eigenvalue weighted by Gasteiger charge is 2.17. The smallest absolute Gasteiger partial charge is 0.164 e. The Labute approximate surface area is 314 Å². The molecular weight excluding hydrogens is 661 g/mol. The Morgan fingerprint density at radius 2 is 0.722 bits per heavy atom. The number of nitrogens with zero attached hydrogens (tertiary/aromatic N) is 6. The first-order valence-electron chi connectivity index (χ1n) is 17.5. The Balaban J connectivity index is 1.21. The van der Waals surface area contributed by atoms with E-state index in [9.17, 15) is 5.26 Å². The second-order valence-electron chi connectivity index (χ2n) is 12.6. The van der Waals surface area contributed by atoms with Crippen LogP contribution in [0.25, 0.3) is 91.1 Å². The molecule has 6 aromatic carbocycles. The molecule has 0 aliphatic heterocycles. The zero-order valence-electron chi connectivity index (χ0n) is 29.3. The van der Waals surface area contributed by atoms with Crippen LogP contribution in [0, 0.1) is 11.3 Å². The third-order valence-corrected chi connectivity index (χ3v) is 9.16. The lowest BCUT2D eigenvalue weighted by Crippen LogP contribution is -2.01. The van der Waals surface area contributed by atoms with Crippen LogP contribution in [0.4, 0.5) is 0 Å². The van der Waals surface area contributed by atoms with E-state index in [-0.39, 0.29) is 0 Å². The van der Waals surface area contributed by atoms with Crippen molar-refractivity contribution in [2.24, 2.45) is 0 Å². The van der Waals surface area contributed by atoms with E-state index in [4.69, 9.17) is 24.9 Å². The van der Waals surface area contributed by atoms with Gasteiger partial charge in [-0.05, 0) is 46.5 Å². The molecular formula is C48H32N6. The monoisotopic (exact) mass is 692 g/mol. The van der Waals surface area contributed by atoms with Crippen LogP contribution in [0.2, 0.25) is 0 Å². The Morgan fingerprint density at radius 3 is 1.13 bits per heavy atom. The third kappa shape index (κ3) is 6.85. The van der Waals surface area contributed by atoms with Crippen molar-refractivity contribution in [1.29, 1.82) is 5.26 Å². The third-order valence-electron chi connectivity index (χ3n) is 9.16. The lowest BCUT2D eigenvalue weighted by Gasteiger charge is -2.13. The van der Waals surface area contributed by atoms with Crippen molar-refractivity contribution in [2.75, 3.05) is 0 Å². The van der Waals surface area contributed by atoms with E-state index in [0.717, 1.165) is 50.1 Å². The lowest BCUT2D eigenvalue weighted by atomic mass is 10.0. The lowest BCUT2D eigenvalue weighted by molar-refractivity contribution is 1.07. The fourth-order valence-electron chi connectivity index (χ4n) is 6.33. The van der Waals surface area contributed by atoms with Crippen molar-refractivity contribution in [3.05, 3.63) is 188 Å². The van der Waals surface area contributed by atoms with Gasteiger partial charge in [0.05, 0.1) is 34.4 Å². The van der Waals surface area contributed by atoms with E-state index in [1.54, 1.807) is 18.2 Å². The maximum atomic E-state index is 9.59.